The predicted molar refractivity (Wildman–Crippen MR) is 74.9 cm³/mol. The first-order valence-corrected chi connectivity index (χ1v) is 7.36. The van der Waals surface area contributed by atoms with Gasteiger partial charge in [-0.25, -0.2) is 0 Å². The van der Waals surface area contributed by atoms with Gasteiger partial charge in [0.05, 0.1) is 0 Å². The number of hydrogen-bond acceptors (Lipinski definition) is 1. The van der Waals surface area contributed by atoms with E-state index in [9.17, 15) is 0 Å². The highest BCUT2D eigenvalue weighted by Crippen LogP contribution is 2.15. The molecule has 0 fully saturated rings. The minimum absolute atomic E-state index is 0.940. The molecule has 0 aromatic carbocycles. The molecule has 1 heteroatoms. The van der Waals surface area contributed by atoms with Crippen molar-refractivity contribution in [2.24, 2.45) is 11.8 Å². The van der Waals surface area contributed by atoms with Crippen LogP contribution in [0.15, 0.2) is 0 Å². The fraction of sp³-hybridized carbons (Fsp3) is 1.00. The van der Waals surface area contributed by atoms with Crippen molar-refractivity contribution >= 4 is 0 Å². The molecule has 0 bridgehead atoms. The van der Waals surface area contributed by atoms with Gasteiger partial charge >= 0.3 is 0 Å². The van der Waals surface area contributed by atoms with E-state index in [0.29, 0.717) is 0 Å². The van der Waals surface area contributed by atoms with Gasteiger partial charge in [0, 0.05) is 0 Å². The third-order valence-electron chi connectivity index (χ3n) is 4.15. The molecule has 0 saturated carbocycles. The van der Waals surface area contributed by atoms with Gasteiger partial charge in [-0.1, -0.05) is 53.4 Å². The Kier molecular flexibility index (Phi) is 10.1. The summed E-state index contributed by atoms with van der Waals surface area (Å²) in [5, 5.41) is 0. The molecule has 0 heterocycles. The normalized spacial score (nSPS) is 12.0. The zero-order valence-electron chi connectivity index (χ0n) is 12.3. The maximum atomic E-state index is 2.52. The Labute approximate surface area is 104 Å². The van der Waals surface area contributed by atoms with Gasteiger partial charge in [-0.05, 0) is 44.8 Å². The van der Waals surface area contributed by atoms with Crippen LogP contribution in [0.2, 0.25) is 0 Å². The van der Waals surface area contributed by atoms with Crippen molar-refractivity contribution in [3.63, 3.8) is 0 Å². The Morgan fingerprint density at radius 2 is 1.00 bits per heavy atom. The quantitative estimate of drug-likeness (QED) is 0.528. The van der Waals surface area contributed by atoms with Gasteiger partial charge in [-0.15, -0.1) is 0 Å². The van der Waals surface area contributed by atoms with Crippen LogP contribution in [-0.2, 0) is 0 Å². The van der Waals surface area contributed by atoms with Gasteiger partial charge in [-0.2, -0.15) is 0 Å². The molecule has 0 spiro atoms. The summed E-state index contributed by atoms with van der Waals surface area (Å²) < 4.78 is 0. The first-order valence-electron chi connectivity index (χ1n) is 7.36. The molecule has 0 aliphatic heterocycles. The Morgan fingerprint density at radius 1 is 0.688 bits per heavy atom. The van der Waals surface area contributed by atoms with Gasteiger partial charge in [-0.3, -0.25) is 0 Å². The molecule has 0 unspecified atom stereocenters. The Hall–Kier alpha value is -0.0400. The van der Waals surface area contributed by atoms with Crippen LogP contribution in [-0.4, -0.2) is 25.0 Å². The summed E-state index contributed by atoms with van der Waals surface area (Å²) in [6, 6.07) is 0. The second-order valence-corrected chi connectivity index (χ2v) is 5.25. The predicted octanol–water partition coefficient (Wildman–Crippen LogP) is 4.57. The summed E-state index contributed by atoms with van der Waals surface area (Å²) >= 11 is 0. The maximum Gasteiger partial charge on any atom is -0.00191 e. The van der Waals surface area contributed by atoms with Gasteiger partial charge in [0.25, 0.3) is 0 Å². The Morgan fingerprint density at radius 3 is 1.25 bits per heavy atom. The van der Waals surface area contributed by atoms with Crippen molar-refractivity contribution in [1.29, 1.82) is 0 Å². The molecule has 0 N–H and O–H groups in total. The second-order valence-electron chi connectivity index (χ2n) is 5.25. The van der Waals surface area contributed by atoms with E-state index in [2.05, 4.69) is 39.6 Å². The van der Waals surface area contributed by atoms with Crippen LogP contribution in [0, 0.1) is 11.8 Å². The maximum absolute atomic E-state index is 2.52. The second kappa shape index (κ2) is 10.1. The van der Waals surface area contributed by atoms with Crippen LogP contribution >= 0.6 is 0 Å². The Balaban J connectivity index is 3.61. The lowest BCUT2D eigenvalue weighted by Crippen LogP contribution is -2.24. The number of hydrogen-bond donors (Lipinski definition) is 0. The van der Waals surface area contributed by atoms with E-state index in [1.807, 2.05) is 0 Å². The fourth-order valence-electron chi connectivity index (χ4n) is 2.31. The average molecular weight is 227 g/mol. The first-order chi connectivity index (χ1) is 7.67. The summed E-state index contributed by atoms with van der Waals surface area (Å²) in [6.07, 6.45) is 8.14. The smallest absolute Gasteiger partial charge is 0.00191 e. The van der Waals surface area contributed by atoms with Crippen LogP contribution in [0.5, 0.6) is 0 Å². The highest BCUT2D eigenvalue weighted by molar-refractivity contribution is 4.62. The van der Waals surface area contributed by atoms with Gasteiger partial charge in [0.1, 0.15) is 0 Å². The SMILES string of the molecule is CCC(CC)CCN(C)CCC(CC)CC. The average Bonchev–Trinajstić information content (AvgIpc) is 2.31. The minimum Gasteiger partial charge on any atom is -0.306 e. The monoisotopic (exact) mass is 227 g/mol. The van der Waals surface area contributed by atoms with Crippen molar-refractivity contribution in [2.45, 2.75) is 66.2 Å². The molecule has 1 nitrogen and oxygen atoms in total. The molecule has 0 rings (SSSR count). The zero-order valence-corrected chi connectivity index (χ0v) is 12.3. The molecular weight excluding hydrogens is 194 g/mol. The third kappa shape index (κ3) is 7.27. The molecule has 0 saturated heterocycles. The lowest BCUT2D eigenvalue weighted by atomic mass is 9.98. The molecule has 0 atom stereocenters. The van der Waals surface area contributed by atoms with Crippen LogP contribution in [0.3, 0.4) is 0 Å². The molecule has 0 aromatic heterocycles. The van der Waals surface area contributed by atoms with Crippen molar-refractivity contribution < 1.29 is 0 Å². The zero-order chi connectivity index (χ0) is 12.4. The van der Waals surface area contributed by atoms with E-state index in [-0.39, 0.29) is 0 Å². The van der Waals surface area contributed by atoms with E-state index in [1.165, 1.54) is 51.6 Å². The van der Waals surface area contributed by atoms with E-state index in [0.717, 1.165) is 11.8 Å². The highest BCUT2D eigenvalue weighted by atomic mass is 15.1. The molecule has 16 heavy (non-hydrogen) atoms. The van der Waals surface area contributed by atoms with Crippen molar-refractivity contribution in [2.75, 3.05) is 20.1 Å². The first kappa shape index (κ1) is 16.0. The van der Waals surface area contributed by atoms with Crippen LogP contribution < -0.4 is 0 Å². The highest BCUT2D eigenvalue weighted by Gasteiger charge is 2.08. The molecule has 0 aromatic rings. The van der Waals surface area contributed by atoms with E-state index in [4.69, 9.17) is 0 Å². The van der Waals surface area contributed by atoms with Gasteiger partial charge < -0.3 is 4.90 Å². The van der Waals surface area contributed by atoms with E-state index < -0.39 is 0 Å². The van der Waals surface area contributed by atoms with Crippen molar-refractivity contribution in [3.8, 4) is 0 Å². The number of rotatable bonds is 10. The van der Waals surface area contributed by atoms with Crippen LogP contribution in [0.4, 0.5) is 0 Å². The lowest BCUT2D eigenvalue weighted by Gasteiger charge is -2.22. The standard InChI is InChI=1S/C15H33N/c1-6-14(7-2)10-12-16(5)13-11-15(8-3)9-4/h14-15H,6-13H2,1-5H3. The third-order valence-corrected chi connectivity index (χ3v) is 4.15. The van der Waals surface area contributed by atoms with Crippen molar-refractivity contribution in [3.05, 3.63) is 0 Å². The number of nitrogens with zero attached hydrogens (tertiary/aromatic N) is 1. The van der Waals surface area contributed by atoms with Gasteiger partial charge in [0.15, 0.2) is 0 Å². The van der Waals surface area contributed by atoms with Gasteiger partial charge in [0.2, 0.25) is 0 Å². The molecule has 0 aliphatic rings. The molecular formula is C15H33N. The molecule has 98 valence electrons. The molecule has 0 aliphatic carbocycles. The van der Waals surface area contributed by atoms with E-state index in [1.54, 1.807) is 0 Å². The fourth-order valence-corrected chi connectivity index (χ4v) is 2.31. The largest absolute Gasteiger partial charge is 0.306 e. The summed E-state index contributed by atoms with van der Waals surface area (Å²) in [5.41, 5.74) is 0. The van der Waals surface area contributed by atoms with Crippen LogP contribution in [0.25, 0.3) is 0 Å². The van der Waals surface area contributed by atoms with E-state index >= 15 is 0 Å². The lowest BCUT2D eigenvalue weighted by molar-refractivity contribution is 0.267. The summed E-state index contributed by atoms with van der Waals surface area (Å²) in [4.78, 5) is 2.52. The summed E-state index contributed by atoms with van der Waals surface area (Å²) in [5.74, 6) is 1.88. The van der Waals surface area contributed by atoms with Crippen LogP contribution in [0.1, 0.15) is 66.2 Å². The molecule has 0 amide bonds. The summed E-state index contributed by atoms with van der Waals surface area (Å²) in [6.45, 7) is 11.8. The summed E-state index contributed by atoms with van der Waals surface area (Å²) in [7, 11) is 2.28. The van der Waals surface area contributed by atoms with Crippen molar-refractivity contribution in [1.82, 2.24) is 4.90 Å². The Bertz CT molecular complexity index is 120. The molecule has 0 radical (unpaired) electrons. The minimum atomic E-state index is 0.940. The topological polar surface area (TPSA) is 3.24 Å².